The molecule has 0 bridgehead atoms. The van der Waals surface area contributed by atoms with Gasteiger partial charge in [-0.2, -0.15) is 0 Å². The molecule has 6 rings (SSSR count). The first-order valence-corrected chi connectivity index (χ1v) is 12.8. The molecule has 190 valence electrons. The zero-order valence-corrected chi connectivity index (χ0v) is 22.2. The molecule has 3 aromatic carbocycles. The Hall–Kier alpha value is -2.73. The number of benzene rings is 3. The molecule has 0 atom stereocenters. The van der Waals surface area contributed by atoms with Gasteiger partial charge in [-0.25, -0.2) is 0 Å². The van der Waals surface area contributed by atoms with Gasteiger partial charge in [-0.3, -0.25) is 0 Å². The van der Waals surface area contributed by atoms with Crippen LogP contribution in [0.5, 0.6) is 11.5 Å². The van der Waals surface area contributed by atoms with E-state index in [0.717, 1.165) is 64.1 Å². The van der Waals surface area contributed by atoms with Gasteiger partial charge in [-0.15, -0.1) is 12.4 Å². The minimum absolute atomic E-state index is 0. The maximum absolute atomic E-state index is 6.68. The van der Waals surface area contributed by atoms with Crippen LogP contribution in [-0.2, 0) is 9.47 Å². The van der Waals surface area contributed by atoms with Crippen LogP contribution in [0.25, 0.3) is 0 Å². The van der Waals surface area contributed by atoms with Crippen molar-refractivity contribution in [2.75, 3.05) is 62.4 Å². The monoisotopic (exact) mass is 506 g/mol. The highest BCUT2D eigenvalue weighted by Gasteiger charge is 2.32. The molecule has 0 spiro atoms. The number of morpholine rings is 2. The molecule has 0 aliphatic carbocycles. The maximum atomic E-state index is 6.68. The van der Waals surface area contributed by atoms with E-state index in [4.69, 9.17) is 14.2 Å². The zero-order valence-electron chi connectivity index (χ0n) is 21.4. The van der Waals surface area contributed by atoms with Crippen molar-refractivity contribution in [3.05, 3.63) is 81.9 Å². The number of ether oxygens (including phenoxy) is 3. The molecule has 5 nitrogen and oxygen atoms in total. The first-order chi connectivity index (χ1) is 17.1. The molecule has 2 saturated heterocycles. The van der Waals surface area contributed by atoms with Crippen molar-refractivity contribution in [1.82, 2.24) is 0 Å². The minimum atomic E-state index is 0. The maximum Gasteiger partial charge on any atom is 0.133 e. The van der Waals surface area contributed by atoms with E-state index in [1.807, 2.05) is 0 Å². The third-order valence-electron chi connectivity index (χ3n) is 7.62. The summed E-state index contributed by atoms with van der Waals surface area (Å²) in [6.45, 7) is 13.4. The fourth-order valence-corrected chi connectivity index (χ4v) is 5.98. The summed E-state index contributed by atoms with van der Waals surface area (Å²) in [5.41, 5.74) is 10.3. The van der Waals surface area contributed by atoms with Crippen molar-refractivity contribution in [1.29, 1.82) is 0 Å². The van der Waals surface area contributed by atoms with E-state index in [9.17, 15) is 0 Å². The fraction of sp³-hybridized carbons (Fsp3) is 0.400. The Morgan fingerprint density at radius 3 is 1.53 bits per heavy atom. The third kappa shape index (κ3) is 4.56. The van der Waals surface area contributed by atoms with Gasteiger partial charge in [-0.05, 0) is 49.6 Å². The van der Waals surface area contributed by atoms with Crippen molar-refractivity contribution in [3.8, 4) is 11.5 Å². The third-order valence-corrected chi connectivity index (χ3v) is 7.62. The van der Waals surface area contributed by atoms with Crippen LogP contribution in [-0.4, -0.2) is 52.6 Å². The number of hydrogen-bond donors (Lipinski definition) is 0. The van der Waals surface area contributed by atoms with Crippen LogP contribution >= 0.6 is 12.4 Å². The zero-order chi connectivity index (χ0) is 23.9. The number of fused-ring (bicyclic) bond motifs is 2. The molecule has 36 heavy (non-hydrogen) atoms. The molecule has 0 amide bonds. The largest absolute Gasteiger partial charge is 0.457 e. The lowest BCUT2D eigenvalue weighted by molar-refractivity contribution is 0.122. The first kappa shape index (κ1) is 24.9. The molecule has 2 fully saturated rings. The molecule has 3 heterocycles. The van der Waals surface area contributed by atoms with E-state index in [-0.39, 0.29) is 18.3 Å². The molecule has 0 N–H and O–H groups in total. The molecule has 3 aliphatic rings. The molecule has 0 radical (unpaired) electrons. The van der Waals surface area contributed by atoms with Crippen molar-refractivity contribution in [2.45, 2.75) is 26.7 Å². The lowest BCUT2D eigenvalue weighted by Gasteiger charge is -2.35. The quantitative estimate of drug-likeness (QED) is 0.341. The Balaban J connectivity index is 0.00000267. The predicted octanol–water partition coefficient (Wildman–Crippen LogP) is 5.99. The highest BCUT2D eigenvalue weighted by molar-refractivity contribution is 5.85. The van der Waals surface area contributed by atoms with E-state index >= 15 is 0 Å². The average molecular weight is 507 g/mol. The normalized spacial score (nSPS) is 17.6. The summed E-state index contributed by atoms with van der Waals surface area (Å²) in [5.74, 6) is 2.07. The molecule has 0 saturated carbocycles. The molecule has 6 heteroatoms. The Bertz CT molecular complexity index is 1160. The second kappa shape index (κ2) is 10.3. The molecule has 3 aliphatic heterocycles. The van der Waals surface area contributed by atoms with E-state index in [0.29, 0.717) is 0 Å². The van der Waals surface area contributed by atoms with Crippen molar-refractivity contribution in [3.63, 3.8) is 0 Å². The highest BCUT2D eigenvalue weighted by atomic mass is 35.5. The Morgan fingerprint density at radius 1 is 0.639 bits per heavy atom. The number of hydrogen-bond acceptors (Lipinski definition) is 5. The first-order valence-electron chi connectivity index (χ1n) is 12.8. The Morgan fingerprint density at radius 2 is 1.08 bits per heavy atom. The molecule has 3 aromatic rings. The topological polar surface area (TPSA) is 34.2 Å². The number of halogens is 1. The van der Waals surface area contributed by atoms with Gasteiger partial charge in [0.15, 0.2) is 0 Å². The van der Waals surface area contributed by atoms with Crippen LogP contribution in [0.4, 0.5) is 11.4 Å². The standard InChI is InChI=1S/C30H34N2O3.ClH/c1-20-16-21(2)29(22(3)17-20)30-25-6-4-23(31-8-12-33-13-9-31)18-27(25)35-28-19-24(5-7-26(28)30)32-10-14-34-15-11-32;/h4-7,16-19,30H,8-15H2,1-3H3;1H. The number of rotatable bonds is 3. The van der Waals surface area contributed by atoms with E-state index < -0.39 is 0 Å². The van der Waals surface area contributed by atoms with Gasteiger partial charge in [0.2, 0.25) is 0 Å². The lowest BCUT2D eigenvalue weighted by Crippen LogP contribution is -2.36. The number of anilines is 2. The summed E-state index contributed by atoms with van der Waals surface area (Å²) in [6, 6.07) is 18.2. The summed E-state index contributed by atoms with van der Waals surface area (Å²) in [6.07, 6.45) is 0. The molecular formula is C30H35ClN2O3. The molecular weight excluding hydrogens is 472 g/mol. The summed E-state index contributed by atoms with van der Waals surface area (Å²) in [4.78, 5) is 4.79. The second-order valence-electron chi connectivity index (χ2n) is 9.99. The number of nitrogens with zero attached hydrogens (tertiary/aromatic N) is 2. The van der Waals surface area contributed by atoms with Gasteiger partial charge in [-0.1, -0.05) is 29.8 Å². The highest BCUT2D eigenvalue weighted by Crippen LogP contribution is 2.50. The van der Waals surface area contributed by atoms with Gasteiger partial charge in [0.25, 0.3) is 0 Å². The van der Waals surface area contributed by atoms with Crippen LogP contribution in [0.15, 0.2) is 48.5 Å². The van der Waals surface area contributed by atoms with E-state index in [1.54, 1.807) is 0 Å². The summed E-state index contributed by atoms with van der Waals surface area (Å²) in [7, 11) is 0. The van der Waals surface area contributed by atoms with Gasteiger partial charge < -0.3 is 24.0 Å². The van der Waals surface area contributed by atoms with Crippen LogP contribution < -0.4 is 14.5 Å². The van der Waals surface area contributed by atoms with Crippen molar-refractivity contribution < 1.29 is 14.2 Å². The van der Waals surface area contributed by atoms with E-state index in [1.165, 1.54) is 44.8 Å². The van der Waals surface area contributed by atoms with Crippen LogP contribution in [0, 0.1) is 20.8 Å². The van der Waals surface area contributed by atoms with Gasteiger partial charge in [0.1, 0.15) is 11.5 Å². The van der Waals surface area contributed by atoms with E-state index in [2.05, 4.69) is 79.1 Å². The predicted molar refractivity (Wildman–Crippen MR) is 148 cm³/mol. The lowest BCUT2D eigenvalue weighted by atomic mass is 9.78. The van der Waals surface area contributed by atoms with Crippen molar-refractivity contribution in [2.24, 2.45) is 0 Å². The number of aryl methyl sites for hydroxylation is 3. The van der Waals surface area contributed by atoms with Crippen LogP contribution in [0.3, 0.4) is 0 Å². The second-order valence-corrected chi connectivity index (χ2v) is 9.99. The minimum Gasteiger partial charge on any atom is -0.457 e. The van der Waals surface area contributed by atoms with Gasteiger partial charge >= 0.3 is 0 Å². The van der Waals surface area contributed by atoms with Crippen LogP contribution in [0.1, 0.15) is 39.3 Å². The van der Waals surface area contributed by atoms with Gasteiger partial charge in [0, 0.05) is 66.7 Å². The molecule has 0 unspecified atom stereocenters. The fourth-order valence-electron chi connectivity index (χ4n) is 5.98. The smallest absolute Gasteiger partial charge is 0.133 e. The Labute approximate surface area is 220 Å². The molecule has 0 aromatic heterocycles. The summed E-state index contributed by atoms with van der Waals surface area (Å²) >= 11 is 0. The van der Waals surface area contributed by atoms with Gasteiger partial charge in [0.05, 0.1) is 26.4 Å². The average Bonchev–Trinajstić information content (AvgIpc) is 2.88. The SMILES string of the molecule is Cc1cc(C)c(C2c3ccc(N4CCOCC4)cc3Oc3cc(N4CCOCC4)ccc32)c(C)c1.Cl. The summed E-state index contributed by atoms with van der Waals surface area (Å²) in [5, 5.41) is 0. The summed E-state index contributed by atoms with van der Waals surface area (Å²) < 4.78 is 17.8. The van der Waals surface area contributed by atoms with Crippen LogP contribution in [0.2, 0.25) is 0 Å². The Kier molecular flexibility index (Phi) is 7.16. The van der Waals surface area contributed by atoms with Crippen molar-refractivity contribution >= 4 is 23.8 Å².